The van der Waals surface area contributed by atoms with Crippen molar-refractivity contribution < 1.29 is 4.74 Å². The summed E-state index contributed by atoms with van der Waals surface area (Å²) in [6.07, 6.45) is 8.36. The van der Waals surface area contributed by atoms with Crippen molar-refractivity contribution in [3.63, 3.8) is 0 Å². The van der Waals surface area contributed by atoms with E-state index in [-0.39, 0.29) is 0 Å². The second-order valence-corrected chi connectivity index (χ2v) is 6.07. The van der Waals surface area contributed by atoms with Gasteiger partial charge in [-0.05, 0) is 49.4 Å². The topological polar surface area (TPSA) is 53.7 Å². The molecule has 0 atom stereocenters. The molecule has 0 fully saturated rings. The molecule has 4 rings (SSSR count). The van der Waals surface area contributed by atoms with Crippen molar-refractivity contribution in [2.24, 2.45) is 0 Å². The monoisotopic (exact) mass is 319 g/mol. The molecule has 0 aliphatic heterocycles. The van der Waals surface area contributed by atoms with Crippen molar-refractivity contribution in [1.29, 1.82) is 0 Å². The van der Waals surface area contributed by atoms with Crippen molar-refractivity contribution >= 4 is 21.9 Å². The minimum Gasteiger partial charge on any atom is -0.491 e. The molecule has 2 aromatic carbocycles. The quantitative estimate of drug-likeness (QED) is 0.479. The zero-order valence-electron chi connectivity index (χ0n) is 13.6. The van der Waals surface area contributed by atoms with Gasteiger partial charge in [-0.25, -0.2) is 4.98 Å². The Morgan fingerprint density at radius 2 is 1.79 bits per heavy atom. The zero-order valence-corrected chi connectivity index (χ0v) is 13.6. The van der Waals surface area contributed by atoms with Crippen LogP contribution in [0.4, 0.5) is 0 Å². The Hall–Kier alpha value is -2.75. The maximum atomic E-state index is 5.90. The molecule has 0 bridgehead atoms. The number of aromatic amines is 2. The van der Waals surface area contributed by atoms with Crippen LogP contribution in [-0.2, 0) is 6.42 Å². The summed E-state index contributed by atoms with van der Waals surface area (Å²) in [5.74, 6) is 0.866. The number of benzene rings is 2. The largest absolute Gasteiger partial charge is 0.491 e. The highest BCUT2D eigenvalue weighted by Crippen LogP contribution is 2.23. The fraction of sp³-hybridized carbons (Fsp3) is 0.250. The summed E-state index contributed by atoms with van der Waals surface area (Å²) in [4.78, 5) is 10.8. The van der Waals surface area contributed by atoms with E-state index in [0.29, 0.717) is 0 Å². The summed E-state index contributed by atoms with van der Waals surface area (Å²) in [5.41, 5.74) is 4.57. The van der Waals surface area contributed by atoms with E-state index in [1.807, 2.05) is 18.2 Å². The van der Waals surface area contributed by atoms with Crippen LogP contribution in [0.2, 0.25) is 0 Å². The van der Waals surface area contributed by atoms with Gasteiger partial charge < -0.3 is 14.7 Å². The molecular formula is C20H21N3O. The number of hydrogen-bond donors (Lipinski definition) is 2. The third-order valence-corrected chi connectivity index (χ3v) is 4.44. The molecule has 0 amide bonds. The molecule has 0 aliphatic carbocycles. The molecule has 4 aromatic rings. The standard InChI is InChI=1S/C20H21N3O/c1(2-7-15-13-21-17-9-4-3-8-16(15)17)5-12-24-19-11-6-10-18-20(19)23-14-22-18/h3-4,6,8-11,13-14,21H,1-2,5,7,12H2,(H,22,23). The van der Waals surface area contributed by atoms with Crippen LogP contribution in [-0.4, -0.2) is 21.6 Å². The van der Waals surface area contributed by atoms with Gasteiger partial charge in [-0.15, -0.1) is 0 Å². The summed E-state index contributed by atoms with van der Waals surface area (Å²) in [5, 5.41) is 1.35. The molecule has 2 aromatic heterocycles. The zero-order chi connectivity index (χ0) is 16.2. The normalized spacial score (nSPS) is 11.3. The molecule has 0 saturated heterocycles. The molecule has 24 heavy (non-hydrogen) atoms. The summed E-state index contributed by atoms with van der Waals surface area (Å²) >= 11 is 0. The smallest absolute Gasteiger partial charge is 0.147 e. The van der Waals surface area contributed by atoms with Crippen LogP contribution < -0.4 is 4.74 Å². The Kier molecular flexibility index (Phi) is 4.19. The number of aromatic nitrogens is 3. The van der Waals surface area contributed by atoms with Gasteiger partial charge in [0.15, 0.2) is 0 Å². The summed E-state index contributed by atoms with van der Waals surface area (Å²) < 4.78 is 5.90. The van der Waals surface area contributed by atoms with E-state index in [1.54, 1.807) is 6.33 Å². The van der Waals surface area contributed by atoms with Gasteiger partial charge in [0.1, 0.15) is 11.3 Å². The fourth-order valence-corrected chi connectivity index (χ4v) is 3.17. The van der Waals surface area contributed by atoms with Crippen LogP contribution >= 0.6 is 0 Å². The predicted octanol–water partition coefficient (Wildman–Crippen LogP) is 4.84. The van der Waals surface area contributed by atoms with Crippen molar-refractivity contribution in [2.45, 2.75) is 25.7 Å². The van der Waals surface area contributed by atoms with E-state index in [0.717, 1.165) is 42.7 Å². The summed E-state index contributed by atoms with van der Waals surface area (Å²) in [6.45, 7) is 0.736. The molecule has 4 nitrogen and oxygen atoms in total. The van der Waals surface area contributed by atoms with Crippen LogP contribution in [0, 0.1) is 0 Å². The van der Waals surface area contributed by atoms with E-state index < -0.39 is 0 Å². The van der Waals surface area contributed by atoms with E-state index in [9.17, 15) is 0 Å². The minimum absolute atomic E-state index is 0.736. The number of para-hydroxylation sites is 2. The third-order valence-electron chi connectivity index (χ3n) is 4.44. The molecule has 4 heteroatoms. The molecule has 2 heterocycles. The lowest BCUT2D eigenvalue weighted by molar-refractivity contribution is 0.308. The highest BCUT2D eigenvalue weighted by Gasteiger charge is 2.04. The van der Waals surface area contributed by atoms with E-state index in [4.69, 9.17) is 4.74 Å². The highest BCUT2D eigenvalue weighted by molar-refractivity contribution is 5.83. The van der Waals surface area contributed by atoms with Gasteiger partial charge in [0.05, 0.1) is 18.5 Å². The molecule has 0 unspecified atom stereocenters. The Morgan fingerprint density at radius 1 is 0.875 bits per heavy atom. The minimum atomic E-state index is 0.736. The second-order valence-electron chi connectivity index (χ2n) is 6.07. The number of aryl methyl sites for hydroxylation is 1. The van der Waals surface area contributed by atoms with Gasteiger partial charge in [-0.3, -0.25) is 0 Å². The Bertz CT molecular complexity index is 938. The number of ether oxygens (including phenoxy) is 1. The van der Waals surface area contributed by atoms with Gasteiger partial charge in [0.25, 0.3) is 0 Å². The molecule has 0 aliphatic rings. The Balaban J connectivity index is 1.24. The predicted molar refractivity (Wildman–Crippen MR) is 97.4 cm³/mol. The van der Waals surface area contributed by atoms with Crippen LogP contribution in [0.5, 0.6) is 5.75 Å². The number of hydrogen-bond acceptors (Lipinski definition) is 2. The first kappa shape index (κ1) is 14.8. The van der Waals surface area contributed by atoms with Crippen molar-refractivity contribution in [1.82, 2.24) is 15.0 Å². The number of H-pyrrole nitrogens is 2. The first-order valence-corrected chi connectivity index (χ1v) is 8.52. The van der Waals surface area contributed by atoms with Crippen LogP contribution in [0.15, 0.2) is 55.0 Å². The number of imidazole rings is 1. The van der Waals surface area contributed by atoms with Gasteiger partial charge in [0.2, 0.25) is 0 Å². The van der Waals surface area contributed by atoms with Crippen LogP contribution in [0.3, 0.4) is 0 Å². The average Bonchev–Trinajstić information content (AvgIpc) is 3.25. The number of nitrogens with one attached hydrogen (secondary N) is 2. The molecular weight excluding hydrogens is 298 g/mol. The van der Waals surface area contributed by atoms with E-state index in [2.05, 4.69) is 45.4 Å². The Morgan fingerprint density at radius 3 is 2.79 bits per heavy atom. The van der Waals surface area contributed by atoms with Crippen molar-refractivity contribution in [3.8, 4) is 5.75 Å². The van der Waals surface area contributed by atoms with Gasteiger partial charge >= 0.3 is 0 Å². The lowest BCUT2D eigenvalue weighted by Gasteiger charge is -2.06. The van der Waals surface area contributed by atoms with E-state index in [1.165, 1.54) is 22.9 Å². The summed E-state index contributed by atoms with van der Waals surface area (Å²) in [6, 6.07) is 14.5. The van der Waals surface area contributed by atoms with Crippen molar-refractivity contribution in [3.05, 3.63) is 60.6 Å². The van der Waals surface area contributed by atoms with Crippen LogP contribution in [0.25, 0.3) is 21.9 Å². The third kappa shape index (κ3) is 3.00. The molecule has 0 saturated carbocycles. The fourth-order valence-electron chi connectivity index (χ4n) is 3.17. The van der Waals surface area contributed by atoms with Crippen molar-refractivity contribution in [2.75, 3.05) is 6.61 Å². The molecule has 2 N–H and O–H groups in total. The summed E-state index contributed by atoms with van der Waals surface area (Å²) in [7, 11) is 0. The molecule has 122 valence electrons. The second kappa shape index (κ2) is 6.79. The van der Waals surface area contributed by atoms with Gasteiger partial charge in [-0.1, -0.05) is 24.3 Å². The molecule has 0 radical (unpaired) electrons. The number of unbranched alkanes of at least 4 members (excludes halogenated alkanes) is 2. The SMILES string of the molecule is c1ccc2c(CCCCCOc3cccc4[nH]cnc34)c[nH]c2c1. The van der Waals surface area contributed by atoms with E-state index >= 15 is 0 Å². The van der Waals surface area contributed by atoms with Gasteiger partial charge in [0, 0.05) is 17.1 Å². The average molecular weight is 319 g/mol. The maximum Gasteiger partial charge on any atom is 0.147 e. The van der Waals surface area contributed by atoms with Gasteiger partial charge in [-0.2, -0.15) is 0 Å². The first-order valence-electron chi connectivity index (χ1n) is 8.52. The lowest BCUT2D eigenvalue weighted by Crippen LogP contribution is -1.98. The first-order chi connectivity index (χ1) is 11.9. The maximum absolute atomic E-state index is 5.90. The lowest BCUT2D eigenvalue weighted by atomic mass is 10.1. The highest BCUT2D eigenvalue weighted by atomic mass is 16.5. The number of rotatable bonds is 7. The molecule has 0 spiro atoms. The Labute approximate surface area is 140 Å². The number of fused-ring (bicyclic) bond motifs is 2. The number of nitrogens with zero attached hydrogens (tertiary/aromatic N) is 1. The van der Waals surface area contributed by atoms with Crippen LogP contribution in [0.1, 0.15) is 24.8 Å².